The van der Waals surface area contributed by atoms with Crippen LogP contribution >= 0.6 is 15.9 Å². The minimum absolute atomic E-state index is 0.0231. The molecule has 4 aromatic rings. The highest BCUT2D eigenvalue weighted by molar-refractivity contribution is 9.10. The maximum Gasteiger partial charge on any atom is 0.269 e. The largest absolute Gasteiger partial charge is 0.295 e. The first kappa shape index (κ1) is 18.6. The van der Waals surface area contributed by atoms with Crippen LogP contribution in [0.25, 0.3) is 22.2 Å². The van der Waals surface area contributed by atoms with Gasteiger partial charge in [-0.1, -0.05) is 42.5 Å². The van der Waals surface area contributed by atoms with Crippen LogP contribution in [0.5, 0.6) is 0 Å². The van der Waals surface area contributed by atoms with Crippen LogP contribution in [0.1, 0.15) is 17.3 Å². The Morgan fingerprint density at radius 1 is 1.04 bits per heavy atom. The smallest absolute Gasteiger partial charge is 0.269 e. The van der Waals surface area contributed by atoms with E-state index in [2.05, 4.69) is 20.9 Å². The Hall–Kier alpha value is -2.77. The molecule has 4 rings (SSSR count). The Kier molecular flexibility index (Phi) is 4.64. The SMILES string of the molecule is CC(=O)c1ccc(-c2cn(S(=O)(=O)c3ccccc3)c3ncc(Br)cc23)cc1. The highest BCUT2D eigenvalue weighted by Crippen LogP contribution is 2.33. The van der Waals surface area contributed by atoms with Gasteiger partial charge in [-0.2, -0.15) is 0 Å². The van der Waals surface area contributed by atoms with Gasteiger partial charge in [-0.15, -0.1) is 0 Å². The molecule has 0 N–H and O–H groups in total. The van der Waals surface area contributed by atoms with E-state index in [0.717, 1.165) is 15.6 Å². The van der Waals surface area contributed by atoms with Gasteiger partial charge in [0.15, 0.2) is 11.4 Å². The minimum Gasteiger partial charge on any atom is -0.295 e. The van der Waals surface area contributed by atoms with E-state index < -0.39 is 10.0 Å². The molecule has 7 heteroatoms. The summed E-state index contributed by atoms with van der Waals surface area (Å²) in [6.45, 7) is 1.51. The van der Waals surface area contributed by atoms with E-state index in [4.69, 9.17) is 0 Å². The van der Waals surface area contributed by atoms with Crippen molar-refractivity contribution in [3.8, 4) is 11.1 Å². The molecule has 0 aliphatic rings. The summed E-state index contributed by atoms with van der Waals surface area (Å²) in [6, 6.07) is 17.2. The molecule has 0 atom stereocenters. The number of halogens is 1. The Morgan fingerprint density at radius 3 is 2.36 bits per heavy atom. The van der Waals surface area contributed by atoms with Crippen molar-refractivity contribution in [1.29, 1.82) is 0 Å². The molecule has 0 aliphatic carbocycles. The van der Waals surface area contributed by atoms with Crippen molar-refractivity contribution >= 4 is 42.8 Å². The summed E-state index contributed by atoms with van der Waals surface area (Å²) in [5, 5.41) is 0.699. The molecule has 5 nitrogen and oxygen atoms in total. The van der Waals surface area contributed by atoms with E-state index in [1.54, 1.807) is 54.9 Å². The fraction of sp³-hybridized carbons (Fsp3) is 0.0476. The topological polar surface area (TPSA) is 69.0 Å². The molecule has 0 spiro atoms. The van der Waals surface area contributed by atoms with Crippen molar-refractivity contribution in [3.63, 3.8) is 0 Å². The van der Waals surface area contributed by atoms with E-state index in [-0.39, 0.29) is 10.7 Å². The van der Waals surface area contributed by atoms with Gasteiger partial charge in [-0.25, -0.2) is 17.4 Å². The molecule has 0 unspecified atom stereocenters. The summed E-state index contributed by atoms with van der Waals surface area (Å²) in [5.74, 6) is -0.0231. The van der Waals surface area contributed by atoms with Crippen molar-refractivity contribution in [1.82, 2.24) is 8.96 Å². The van der Waals surface area contributed by atoms with Crippen LogP contribution in [0.3, 0.4) is 0 Å². The molecule has 2 aromatic heterocycles. The summed E-state index contributed by atoms with van der Waals surface area (Å²) in [4.78, 5) is 16.1. The van der Waals surface area contributed by atoms with Gasteiger partial charge in [0.1, 0.15) is 0 Å². The fourth-order valence-corrected chi connectivity index (χ4v) is 4.73. The van der Waals surface area contributed by atoms with Crippen LogP contribution in [0, 0.1) is 0 Å². The second-order valence-corrected chi connectivity index (χ2v) is 9.05. The predicted molar refractivity (Wildman–Crippen MR) is 112 cm³/mol. The van der Waals surface area contributed by atoms with Crippen molar-refractivity contribution in [2.24, 2.45) is 0 Å². The lowest BCUT2D eigenvalue weighted by Gasteiger charge is -2.06. The van der Waals surface area contributed by atoms with Crippen molar-refractivity contribution < 1.29 is 13.2 Å². The molecule has 140 valence electrons. The van der Waals surface area contributed by atoms with Gasteiger partial charge < -0.3 is 0 Å². The van der Waals surface area contributed by atoms with Gasteiger partial charge in [-0.05, 0) is 46.6 Å². The van der Waals surface area contributed by atoms with Crippen LogP contribution in [0.15, 0.2) is 82.4 Å². The van der Waals surface area contributed by atoms with E-state index in [9.17, 15) is 13.2 Å². The standard InChI is InChI=1S/C21H15BrN2O3S/c1-14(25)15-7-9-16(10-8-15)20-13-24(21-19(20)11-17(22)12-23-21)28(26,27)18-5-3-2-4-6-18/h2-13H,1H3. The Bertz CT molecular complexity index is 1300. The third-order valence-corrected chi connectivity index (χ3v) is 6.58. The summed E-state index contributed by atoms with van der Waals surface area (Å²) in [6.07, 6.45) is 3.15. The van der Waals surface area contributed by atoms with Gasteiger partial charge in [0.05, 0.1) is 4.90 Å². The van der Waals surface area contributed by atoms with Gasteiger partial charge in [0.25, 0.3) is 10.0 Å². The number of Topliss-reactive ketones (excluding diaryl/α,β-unsaturated/α-hetero) is 1. The van der Waals surface area contributed by atoms with Crippen molar-refractivity contribution in [2.45, 2.75) is 11.8 Å². The van der Waals surface area contributed by atoms with E-state index in [0.29, 0.717) is 16.6 Å². The fourth-order valence-electron chi connectivity index (χ4n) is 3.06. The maximum absolute atomic E-state index is 13.2. The average Bonchev–Trinajstić information content (AvgIpc) is 3.08. The number of nitrogens with zero attached hydrogens (tertiary/aromatic N) is 2. The Labute approximate surface area is 170 Å². The summed E-state index contributed by atoms with van der Waals surface area (Å²) in [5.41, 5.74) is 2.47. The summed E-state index contributed by atoms with van der Waals surface area (Å²) < 4.78 is 28.3. The van der Waals surface area contributed by atoms with Gasteiger partial charge in [0.2, 0.25) is 0 Å². The molecule has 0 saturated heterocycles. The second-order valence-electron chi connectivity index (χ2n) is 6.31. The molecular formula is C21H15BrN2O3S. The lowest BCUT2D eigenvalue weighted by atomic mass is 10.0. The highest BCUT2D eigenvalue weighted by atomic mass is 79.9. The Balaban J connectivity index is 1.96. The first-order valence-electron chi connectivity index (χ1n) is 8.46. The lowest BCUT2D eigenvalue weighted by molar-refractivity contribution is 0.101. The van der Waals surface area contributed by atoms with Crippen LogP contribution in [-0.2, 0) is 10.0 Å². The third kappa shape index (κ3) is 3.16. The zero-order valence-corrected chi connectivity index (χ0v) is 17.2. The predicted octanol–water partition coefficient (Wildman–Crippen LogP) is 4.91. The zero-order chi connectivity index (χ0) is 19.9. The monoisotopic (exact) mass is 454 g/mol. The number of ketones is 1. The molecule has 0 fully saturated rings. The lowest BCUT2D eigenvalue weighted by Crippen LogP contribution is -2.12. The molecule has 2 aromatic carbocycles. The number of pyridine rings is 1. The average molecular weight is 455 g/mol. The summed E-state index contributed by atoms with van der Waals surface area (Å²) >= 11 is 3.41. The molecule has 0 bridgehead atoms. The summed E-state index contributed by atoms with van der Waals surface area (Å²) in [7, 11) is -3.80. The van der Waals surface area contributed by atoms with Crippen LogP contribution in [-0.4, -0.2) is 23.2 Å². The molecule has 2 heterocycles. The van der Waals surface area contributed by atoms with Crippen LogP contribution in [0.2, 0.25) is 0 Å². The van der Waals surface area contributed by atoms with E-state index >= 15 is 0 Å². The number of rotatable bonds is 4. The molecule has 0 aliphatic heterocycles. The first-order valence-corrected chi connectivity index (χ1v) is 10.7. The maximum atomic E-state index is 13.2. The molecule has 0 radical (unpaired) electrons. The van der Waals surface area contributed by atoms with E-state index in [1.165, 1.54) is 10.9 Å². The van der Waals surface area contributed by atoms with Gasteiger partial charge in [0, 0.05) is 33.4 Å². The van der Waals surface area contributed by atoms with Gasteiger partial charge in [-0.3, -0.25) is 4.79 Å². The number of carbonyl (C=O) groups is 1. The van der Waals surface area contributed by atoms with Crippen LogP contribution < -0.4 is 0 Å². The molecule has 0 amide bonds. The number of hydrogen-bond acceptors (Lipinski definition) is 4. The number of benzene rings is 2. The van der Waals surface area contributed by atoms with Crippen molar-refractivity contribution in [2.75, 3.05) is 0 Å². The first-order chi connectivity index (χ1) is 13.4. The Morgan fingerprint density at radius 2 is 1.71 bits per heavy atom. The van der Waals surface area contributed by atoms with Crippen molar-refractivity contribution in [3.05, 3.63) is 83.1 Å². The number of hydrogen-bond donors (Lipinski definition) is 0. The number of aromatic nitrogens is 2. The minimum atomic E-state index is -3.80. The normalized spacial score (nSPS) is 11.6. The highest BCUT2D eigenvalue weighted by Gasteiger charge is 2.22. The third-order valence-electron chi connectivity index (χ3n) is 4.48. The van der Waals surface area contributed by atoms with Gasteiger partial charge >= 0.3 is 0 Å². The number of carbonyl (C=O) groups excluding carboxylic acids is 1. The van der Waals surface area contributed by atoms with Crippen LogP contribution in [0.4, 0.5) is 0 Å². The zero-order valence-electron chi connectivity index (χ0n) is 14.8. The quantitative estimate of drug-likeness (QED) is 0.411. The number of fused-ring (bicyclic) bond motifs is 1. The molecule has 0 saturated carbocycles. The van der Waals surface area contributed by atoms with E-state index in [1.807, 2.05) is 18.2 Å². The molecule has 28 heavy (non-hydrogen) atoms. The second kappa shape index (κ2) is 7.00. The molecular weight excluding hydrogens is 440 g/mol.